The van der Waals surface area contributed by atoms with Gasteiger partial charge < -0.3 is 14.9 Å². The van der Waals surface area contributed by atoms with Crippen molar-refractivity contribution in [1.29, 1.82) is 0 Å². The summed E-state index contributed by atoms with van der Waals surface area (Å²) in [4.78, 5) is 15.5. The van der Waals surface area contributed by atoms with E-state index in [1.54, 1.807) is 19.1 Å². The fourth-order valence-corrected chi connectivity index (χ4v) is 1.91. The molecule has 2 N–H and O–H groups in total. The number of pyridine rings is 1. The van der Waals surface area contributed by atoms with Gasteiger partial charge in [-0.05, 0) is 32.4 Å². The molecule has 0 aliphatic heterocycles. The predicted molar refractivity (Wildman–Crippen MR) is 69.2 cm³/mol. The molecule has 0 fully saturated rings. The van der Waals surface area contributed by atoms with Gasteiger partial charge in [0.1, 0.15) is 11.4 Å². The molecule has 0 spiro atoms. The van der Waals surface area contributed by atoms with Crippen LogP contribution in [0.15, 0.2) is 16.7 Å². The van der Waals surface area contributed by atoms with Gasteiger partial charge in [0, 0.05) is 11.8 Å². The first-order valence-corrected chi connectivity index (χ1v) is 5.85. The molecule has 0 amide bonds. The average Bonchev–Trinajstić information content (AvgIpc) is 2.71. The number of carbonyl (C=O) groups is 1. The molecule has 0 aliphatic rings. The third kappa shape index (κ3) is 2.90. The quantitative estimate of drug-likeness (QED) is 0.878. The predicted octanol–water partition coefficient (Wildman–Crippen LogP) is 2.31. The third-order valence-corrected chi connectivity index (χ3v) is 2.67. The Morgan fingerprint density at radius 3 is 2.63 bits per heavy atom. The van der Waals surface area contributed by atoms with E-state index in [0.717, 1.165) is 11.4 Å². The summed E-state index contributed by atoms with van der Waals surface area (Å²) in [6.45, 7) is 5.74. The molecule has 0 saturated carbocycles. The number of anilines is 1. The van der Waals surface area contributed by atoms with Gasteiger partial charge >= 0.3 is 5.97 Å². The van der Waals surface area contributed by atoms with Crippen LogP contribution in [0.25, 0.3) is 0 Å². The molecule has 100 valence electrons. The minimum Gasteiger partial charge on any atom is -0.478 e. The largest absolute Gasteiger partial charge is 0.478 e. The number of aromatic carboxylic acids is 1. The van der Waals surface area contributed by atoms with Crippen molar-refractivity contribution in [2.75, 3.05) is 5.32 Å². The van der Waals surface area contributed by atoms with Crippen LogP contribution in [0.5, 0.6) is 0 Å². The normalized spacial score (nSPS) is 10.5. The Balaban J connectivity index is 2.26. The molecule has 0 unspecified atom stereocenters. The van der Waals surface area contributed by atoms with Crippen molar-refractivity contribution in [2.24, 2.45) is 0 Å². The van der Waals surface area contributed by atoms with Gasteiger partial charge in [0.05, 0.1) is 12.2 Å². The van der Waals surface area contributed by atoms with E-state index in [9.17, 15) is 9.90 Å². The van der Waals surface area contributed by atoms with Gasteiger partial charge in [-0.15, -0.1) is 0 Å². The number of hydrogen-bond donors (Lipinski definition) is 2. The minimum absolute atomic E-state index is 0.182. The lowest BCUT2D eigenvalue weighted by atomic mass is 10.1. The van der Waals surface area contributed by atoms with Crippen LogP contribution in [0.4, 0.5) is 5.82 Å². The molecular weight excluding hydrogens is 246 g/mol. The van der Waals surface area contributed by atoms with Gasteiger partial charge in [-0.25, -0.2) is 9.78 Å². The van der Waals surface area contributed by atoms with Gasteiger partial charge in [0.25, 0.3) is 0 Å². The second kappa shape index (κ2) is 5.09. The molecule has 2 rings (SSSR count). The molecule has 6 nitrogen and oxygen atoms in total. The summed E-state index contributed by atoms with van der Waals surface area (Å²) in [6, 6.07) is 3.53. The number of carboxylic acid groups (broad SMARTS) is 1. The second-order valence-corrected chi connectivity index (χ2v) is 4.40. The van der Waals surface area contributed by atoms with Crippen LogP contribution < -0.4 is 5.32 Å². The van der Waals surface area contributed by atoms with Gasteiger partial charge in [0.2, 0.25) is 0 Å². The topological polar surface area (TPSA) is 88.2 Å². The fourth-order valence-electron chi connectivity index (χ4n) is 1.91. The maximum absolute atomic E-state index is 11.3. The summed E-state index contributed by atoms with van der Waals surface area (Å²) in [5.41, 5.74) is 2.40. The standard InChI is InChI=1S/C13H15N3O3/c1-7-4-8(2)15-12(11(7)13(17)18)14-6-10-5-9(3)16-19-10/h4-5H,6H2,1-3H3,(H,14,15)(H,17,18). The minimum atomic E-state index is -0.999. The summed E-state index contributed by atoms with van der Waals surface area (Å²) >= 11 is 0. The molecule has 2 aromatic heterocycles. The molecule has 6 heteroatoms. The highest BCUT2D eigenvalue weighted by Crippen LogP contribution is 2.19. The molecule has 19 heavy (non-hydrogen) atoms. The summed E-state index contributed by atoms with van der Waals surface area (Å²) < 4.78 is 5.06. The van der Waals surface area contributed by atoms with Crippen LogP contribution >= 0.6 is 0 Å². The van der Waals surface area contributed by atoms with Crippen molar-refractivity contribution in [3.05, 3.63) is 40.4 Å². The number of aryl methyl sites for hydroxylation is 3. The first-order chi connectivity index (χ1) is 8.97. The summed E-state index contributed by atoms with van der Waals surface area (Å²) in [5, 5.41) is 16.0. The first kappa shape index (κ1) is 13.1. The number of aromatic nitrogens is 2. The third-order valence-electron chi connectivity index (χ3n) is 2.67. The van der Waals surface area contributed by atoms with Crippen molar-refractivity contribution in [2.45, 2.75) is 27.3 Å². The van der Waals surface area contributed by atoms with Crippen LogP contribution in [0.3, 0.4) is 0 Å². The summed E-state index contributed by atoms with van der Waals surface area (Å²) in [7, 11) is 0. The lowest BCUT2D eigenvalue weighted by Gasteiger charge is -2.10. The average molecular weight is 261 g/mol. The number of nitrogens with one attached hydrogen (secondary N) is 1. The maximum Gasteiger partial charge on any atom is 0.339 e. The Hall–Kier alpha value is -2.37. The monoisotopic (exact) mass is 261 g/mol. The molecule has 0 aliphatic carbocycles. The van der Waals surface area contributed by atoms with Crippen LogP contribution in [0, 0.1) is 20.8 Å². The molecule has 2 aromatic rings. The van der Waals surface area contributed by atoms with E-state index in [1.807, 2.05) is 13.8 Å². The summed E-state index contributed by atoms with van der Waals surface area (Å²) in [6.07, 6.45) is 0. The highest BCUT2D eigenvalue weighted by Gasteiger charge is 2.15. The van der Waals surface area contributed by atoms with Crippen LogP contribution in [-0.4, -0.2) is 21.2 Å². The lowest BCUT2D eigenvalue weighted by Crippen LogP contribution is -2.10. The fraction of sp³-hybridized carbons (Fsp3) is 0.308. The van der Waals surface area contributed by atoms with Gasteiger partial charge in [0.15, 0.2) is 5.76 Å². The van der Waals surface area contributed by atoms with Crippen molar-refractivity contribution in [3.63, 3.8) is 0 Å². The maximum atomic E-state index is 11.3. The molecule has 0 saturated heterocycles. The van der Waals surface area contributed by atoms with Gasteiger partial charge in [-0.1, -0.05) is 5.16 Å². The zero-order valence-electron chi connectivity index (χ0n) is 11.0. The Bertz CT molecular complexity index is 620. The SMILES string of the molecule is Cc1cc(CNc2nc(C)cc(C)c2C(=O)O)on1. The Morgan fingerprint density at radius 1 is 1.32 bits per heavy atom. The smallest absolute Gasteiger partial charge is 0.339 e. The van der Waals surface area contributed by atoms with E-state index in [-0.39, 0.29) is 5.56 Å². The zero-order valence-corrected chi connectivity index (χ0v) is 11.0. The zero-order chi connectivity index (χ0) is 14.0. The Labute approximate surface area is 110 Å². The molecule has 0 radical (unpaired) electrons. The van der Waals surface area contributed by atoms with E-state index >= 15 is 0 Å². The first-order valence-electron chi connectivity index (χ1n) is 5.85. The van der Waals surface area contributed by atoms with E-state index in [0.29, 0.717) is 23.7 Å². The highest BCUT2D eigenvalue weighted by atomic mass is 16.5. The number of hydrogen-bond acceptors (Lipinski definition) is 5. The van der Waals surface area contributed by atoms with Crippen molar-refractivity contribution in [1.82, 2.24) is 10.1 Å². The van der Waals surface area contributed by atoms with E-state index in [2.05, 4.69) is 15.5 Å². The van der Waals surface area contributed by atoms with E-state index < -0.39 is 5.97 Å². The van der Waals surface area contributed by atoms with Crippen molar-refractivity contribution < 1.29 is 14.4 Å². The van der Waals surface area contributed by atoms with Crippen molar-refractivity contribution in [3.8, 4) is 0 Å². The van der Waals surface area contributed by atoms with E-state index in [4.69, 9.17) is 4.52 Å². The molecule has 0 atom stereocenters. The molecular formula is C13H15N3O3. The van der Waals surface area contributed by atoms with Gasteiger partial charge in [-0.2, -0.15) is 0 Å². The highest BCUT2D eigenvalue weighted by molar-refractivity contribution is 5.94. The molecule has 2 heterocycles. The van der Waals surface area contributed by atoms with Gasteiger partial charge in [-0.3, -0.25) is 0 Å². The molecule has 0 bridgehead atoms. The van der Waals surface area contributed by atoms with Crippen LogP contribution in [0.1, 0.15) is 33.1 Å². The van der Waals surface area contributed by atoms with Crippen LogP contribution in [0.2, 0.25) is 0 Å². The Morgan fingerprint density at radius 2 is 2.05 bits per heavy atom. The van der Waals surface area contributed by atoms with E-state index in [1.165, 1.54) is 0 Å². The van der Waals surface area contributed by atoms with Crippen molar-refractivity contribution >= 4 is 11.8 Å². The molecule has 0 aromatic carbocycles. The number of nitrogens with zero attached hydrogens (tertiary/aromatic N) is 2. The lowest BCUT2D eigenvalue weighted by molar-refractivity contribution is 0.0696. The van der Waals surface area contributed by atoms with Crippen LogP contribution in [-0.2, 0) is 6.54 Å². The number of carboxylic acids is 1. The second-order valence-electron chi connectivity index (χ2n) is 4.40. The number of rotatable bonds is 4. The Kier molecular flexibility index (Phi) is 3.50. The summed E-state index contributed by atoms with van der Waals surface area (Å²) in [5.74, 6) is -0.0184.